The van der Waals surface area contributed by atoms with Crippen molar-refractivity contribution < 1.29 is 4.79 Å². The van der Waals surface area contributed by atoms with Crippen molar-refractivity contribution in [3.05, 3.63) is 65.3 Å². The molecular formula is C23H24N4OS. The van der Waals surface area contributed by atoms with Crippen molar-refractivity contribution in [2.24, 2.45) is 0 Å². The van der Waals surface area contributed by atoms with Crippen LogP contribution in [0.5, 0.6) is 0 Å². The molecule has 2 aromatic carbocycles. The molecule has 1 atom stereocenters. The minimum Gasteiger partial charge on any atom is -0.360 e. The van der Waals surface area contributed by atoms with E-state index in [1.54, 1.807) is 11.3 Å². The first-order valence-corrected chi connectivity index (χ1v) is 10.9. The van der Waals surface area contributed by atoms with E-state index in [1.165, 1.54) is 9.71 Å². The number of nitrogens with one attached hydrogen (secondary N) is 1. The van der Waals surface area contributed by atoms with Gasteiger partial charge in [0.15, 0.2) is 5.78 Å². The molecule has 1 aliphatic heterocycles. The third kappa shape index (κ3) is 3.59. The molecule has 1 aliphatic rings. The second-order valence-corrected chi connectivity index (χ2v) is 8.79. The molecule has 0 spiro atoms. The Morgan fingerprint density at radius 2 is 1.86 bits per heavy atom. The number of fused-ring (bicyclic) bond motifs is 2. The van der Waals surface area contributed by atoms with E-state index in [0.29, 0.717) is 0 Å². The minimum atomic E-state index is -0.112. The molecule has 0 aliphatic carbocycles. The molecular weight excluding hydrogens is 380 g/mol. The zero-order valence-corrected chi connectivity index (χ0v) is 17.3. The Balaban J connectivity index is 1.22. The highest BCUT2D eigenvalue weighted by molar-refractivity contribution is 7.18. The van der Waals surface area contributed by atoms with E-state index in [0.717, 1.165) is 54.7 Å². The summed E-state index contributed by atoms with van der Waals surface area (Å²) in [5.41, 5.74) is 2.90. The highest BCUT2D eigenvalue weighted by Gasteiger charge is 2.27. The first kappa shape index (κ1) is 18.5. The number of hydrogen-bond acceptors (Lipinski definition) is 5. The summed E-state index contributed by atoms with van der Waals surface area (Å²) in [7, 11) is 0. The number of hydrogen-bond donors (Lipinski definition) is 1. The molecule has 4 aromatic rings. The van der Waals surface area contributed by atoms with Crippen LogP contribution >= 0.6 is 11.3 Å². The van der Waals surface area contributed by atoms with Gasteiger partial charge in [-0.15, -0.1) is 11.3 Å². The van der Waals surface area contributed by atoms with Gasteiger partial charge in [-0.25, -0.2) is 4.98 Å². The van der Waals surface area contributed by atoms with Crippen LogP contribution in [0.4, 0.5) is 0 Å². The summed E-state index contributed by atoms with van der Waals surface area (Å²) in [6, 6.07) is 16.2. The minimum absolute atomic E-state index is 0.112. The molecule has 5 nitrogen and oxygen atoms in total. The third-order valence-electron chi connectivity index (χ3n) is 5.89. The summed E-state index contributed by atoms with van der Waals surface area (Å²) in [5, 5.41) is 2.18. The van der Waals surface area contributed by atoms with Gasteiger partial charge < -0.3 is 4.98 Å². The Morgan fingerprint density at radius 3 is 2.69 bits per heavy atom. The standard InChI is InChI=1S/C23H24N4OS/c1-16(23(28)18-14-24-19-7-3-2-6-17(18)19)27-12-10-26(11-13-27)15-22-25-20-8-4-5-9-21(20)29-22/h2-9,14,16,24H,10-13,15H2,1H3/t16-/m1/s1. The van der Waals surface area contributed by atoms with E-state index in [9.17, 15) is 4.79 Å². The van der Waals surface area contributed by atoms with E-state index in [4.69, 9.17) is 4.98 Å². The molecule has 0 unspecified atom stereocenters. The number of nitrogens with zero attached hydrogens (tertiary/aromatic N) is 3. The summed E-state index contributed by atoms with van der Waals surface area (Å²) in [6.07, 6.45) is 1.85. The average Bonchev–Trinajstić information content (AvgIpc) is 3.37. The highest BCUT2D eigenvalue weighted by Crippen LogP contribution is 2.24. The maximum absolute atomic E-state index is 13.1. The largest absolute Gasteiger partial charge is 0.360 e. The summed E-state index contributed by atoms with van der Waals surface area (Å²) >= 11 is 1.78. The molecule has 5 rings (SSSR count). The summed E-state index contributed by atoms with van der Waals surface area (Å²) in [5.74, 6) is 0.196. The van der Waals surface area contributed by atoms with Gasteiger partial charge in [-0.2, -0.15) is 0 Å². The molecule has 0 radical (unpaired) electrons. The average molecular weight is 405 g/mol. The van der Waals surface area contributed by atoms with Crippen molar-refractivity contribution in [2.75, 3.05) is 26.2 Å². The molecule has 29 heavy (non-hydrogen) atoms. The monoisotopic (exact) mass is 404 g/mol. The van der Waals surface area contributed by atoms with Gasteiger partial charge in [0.1, 0.15) is 5.01 Å². The number of benzene rings is 2. The van der Waals surface area contributed by atoms with Crippen molar-refractivity contribution in [1.29, 1.82) is 0 Å². The van der Waals surface area contributed by atoms with Crippen LogP contribution in [0.3, 0.4) is 0 Å². The number of carbonyl (C=O) groups is 1. The van der Waals surface area contributed by atoms with E-state index < -0.39 is 0 Å². The van der Waals surface area contributed by atoms with Crippen LogP contribution in [-0.2, 0) is 6.54 Å². The lowest BCUT2D eigenvalue weighted by molar-refractivity contribution is 0.0688. The van der Waals surface area contributed by atoms with Gasteiger partial charge in [-0.05, 0) is 25.1 Å². The fraction of sp³-hybridized carbons (Fsp3) is 0.304. The molecule has 148 valence electrons. The van der Waals surface area contributed by atoms with Crippen LogP contribution in [0, 0.1) is 0 Å². The second-order valence-electron chi connectivity index (χ2n) is 7.68. The predicted octanol–water partition coefficient (Wildman–Crippen LogP) is 4.17. The fourth-order valence-electron chi connectivity index (χ4n) is 4.15. The van der Waals surface area contributed by atoms with Crippen LogP contribution < -0.4 is 0 Å². The normalized spacial score (nSPS) is 17.1. The number of aromatic amines is 1. The van der Waals surface area contributed by atoms with Gasteiger partial charge in [0, 0.05) is 48.8 Å². The lowest BCUT2D eigenvalue weighted by Gasteiger charge is -2.37. The summed E-state index contributed by atoms with van der Waals surface area (Å²) in [4.78, 5) is 25.8. The molecule has 3 heterocycles. The molecule has 0 bridgehead atoms. The number of Topliss-reactive ketones (excluding diaryl/α,β-unsaturated/α-hetero) is 1. The van der Waals surface area contributed by atoms with Crippen LogP contribution in [0.2, 0.25) is 0 Å². The SMILES string of the molecule is C[C@H](C(=O)c1c[nH]c2ccccc12)N1CCN(Cc2nc3ccccc3s2)CC1. The Morgan fingerprint density at radius 1 is 1.10 bits per heavy atom. The predicted molar refractivity (Wildman–Crippen MR) is 119 cm³/mol. The Bertz CT molecular complexity index is 1120. The lowest BCUT2D eigenvalue weighted by Crippen LogP contribution is -2.51. The Labute approximate surface area is 174 Å². The number of ketones is 1. The first-order valence-electron chi connectivity index (χ1n) is 10.1. The Hall–Kier alpha value is -2.54. The van der Waals surface area contributed by atoms with E-state index in [1.807, 2.05) is 43.5 Å². The molecule has 0 amide bonds. The van der Waals surface area contributed by atoms with Crippen molar-refractivity contribution in [3.8, 4) is 0 Å². The van der Waals surface area contributed by atoms with Gasteiger partial charge in [-0.1, -0.05) is 30.3 Å². The zero-order valence-electron chi connectivity index (χ0n) is 16.5. The van der Waals surface area contributed by atoms with Gasteiger partial charge >= 0.3 is 0 Å². The lowest BCUT2D eigenvalue weighted by atomic mass is 10.0. The van der Waals surface area contributed by atoms with Crippen LogP contribution in [0.15, 0.2) is 54.7 Å². The van der Waals surface area contributed by atoms with E-state index in [-0.39, 0.29) is 11.8 Å². The van der Waals surface area contributed by atoms with Gasteiger partial charge in [-0.3, -0.25) is 14.6 Å². The molecule has 1 fully saturated rings. The number of H-pyrrole nitrogens is 1. The number of para-hydroxylation sites is 2. The summed E-state index contributed by atoms with van der Waals surface area (Å²) in [6.45, 7) is 6.65. The second kappa shape index (κ2) is 7.71. The third-order valence-corrected chi connectivity index (χ3v) is 6.91. The maximum Gasteiger partial charge on any atom is 0.181 e. The molecule has 1 saturated heterocycles. The number of aromatic nitrogens is 2. The molecule has 6 heteroatoms. The molecule has 2 aromatic heterocycles. The van der Waals surface area contributed by atoms with Crippen molar-refractivity contribution in [2.45, 2.75) is 19.5 Å². The van der Waals surface area contributed by atoms with Crippen LogP contribution in [-0.4, -0.2) is 57.8 Å². The molecule has 1 N–H and O–H groups in total. The van der Waals surface area contributed by atoms with Crippen LogP contribution in [0.25, 0.3) is 21.1 Å². The highest BCUT2D eigenvalue weighted by atomic mass is 32.1. The Kier molecular flexibility index (Phi) is 4.91. The van der Waals surface area contributed by atoms with E-state index >= 15 is 0 Å². The van der Waals surface area contributed by atoms with E-state index in [2.05, 4.69) is 33.0 Å². The number of piperazine rings is 1. The molecule has 0 saturated carbocycles. The topological polar surface area (TPSA) is 52.2 Å². The smallest absolute Gasteiger partial charge is 0.181 e. The summed E-state index contributed by atoms with van der Waals surface area (Å²) < 4.78 is 1.25. The van der Waals surface area contributed by atoms with Gasteiger partial charge in [0.25, 0.3) is 0 Å². The first-order chi connectivity index (χ1) is 14.2. The van der Waals surface area contributed by atoms with Gasteiger partial charge in [0.05, 0.1) is 22.8 Å². The number of carbonyl (C=O) groups excluding carboxylic acids is 1. The fourth-order valence-corrected chi connectivity index (χ4v) is 5.16. The zero-order chi connectivity index (χ0) is 19.8. The van der Waals surface area contributed by atoms with Crippen molar-refractivity contribution in [3.63, 3.8) is 0 Å². The maximum atomic E-state index is 13.1. The number of thiazole rings is 1. The van der Waals surface area contributed by atoms with Crippen LogP contribution in [0.1, 0.15) is 22.3 Å². The number of rotatable bonds is 5. The van der Waals surface area contributed by atoms with Crippen molar-refractivity contribution in [1.82, 2.24) is 19.8 Å². The quantitative estimate of drug-likeness (QED) is 0.507. The van der Waals surface area contributed by atoms with Gasteiger partial charge in [0.2, 0.25) is 0 Å². The van der Waals surface area contributed by atoms with Crippen molar-refractivity contribution >= 4 is 38.2 Å².